The molecule has 0 saturated heterocycles. The Labute approximate surface area is 181 Å². The molecule has 1 aromatic carbocycles. The minimum Gasteiger partial charge on any atom is -0.367 e. The van der Waals surface area contributed by atoms with Gasteiger partial charge in [-0.15, -0.1) is 0 Å². The van der Waals surface area contributed by atoms with E-state index in [9.17, 15) is 8.42 Å². The second-order valence-corrected chi connectivity index (χ2v) is 10.4. The molecule has 1 fully saturated rings. The number of sulfone groups is 1. The van der Waals surface area contributed by atoms with Gasteiger partial charge in [0.15, 0.2) is 15.5 Å². The number of hydrogen-bond donors (Lipinski definition) is 3. The average molecular weight is 439 g/mol. The van der Waals surface area contributed by atoms with Gasteiger partial charge >= 0.3 is 0 Å². The van der Waals surface area contributed by atoms with Crippen molar-refractivity contribution in [3.05, 3.63) is 53.7 Å². The van der Waals surface area contributed by atoms with Crippen LogP contribution in [0.25, 0.3) is 11.2 Å². The molecule has 31 heavy (non-hydrogen) atoms. The van der Waals surface area contributed by atoms with Gasteiger partial charge in [-0.3, -0.25) is 0 Å². The van der Waals surface area contributed by atoms with E-state index >= 15 is 0 Å². The van der Waals surface area contributed by atoms with Crippen LogP contribution in [0.5, 0.6) is 0 Å². The van der Waals surface area contributed by atoms with E-state index in [1.54, 1.807) is 10.7 Å². The zero-order valence-corrected chi connectivity index (χ0v) is 18.2. The number of aromatic nitrogens is 3. The first kappa shape index (κ1) is 20.0. The van der Waals surface area contributed by atoms with Crippen molar-refractivity contribution >= 4 is 38.4 Å². The zero-order chi connectivity index (χ0) is 21.4. The summed E-state index contributed by atoms with van der Waals surface area (Å²) in [6.07, 6.45) is 8.46. The summed E-state index contributed by atoms with van der Waals surface area (Å²) in [6, 6.07) is 10.2. The van der Waals surface area contributed by atoms with Crippen molar-refractivity contribution in [1.82, 2.24) is 19.9 Å². The Kier molecular flexibility index (Phi) is 5.15. The predicted molar refractivity (Wildman–Crippen MR) is 123 cm³/mol. The standard InChI is InChI=1S/C22H26N6O2S/c1-31(29,30)14-16-11-18(6-7-19(16)15-3-2-9-23-13-15)25-20-12-22(26-17-4-5-17)28-21(27-20)8-10-24-28/h3,6-8,10-12,17,23,26H,2,4-5,9,13-14H2,1H3,(H,25,27). The smallest absolute Gasteiger partial charge is 0.159 e. The third-order valence-electron chi connectivity index (χ3n) is 5.46. The van der Waals surface area contributed by atoms with E-state index in [0.717, 1.165) is 66.2 Å². The lowest BCUT2D eigenvalue weighted by Crippen LogP contribution is -2.22. The van der Waals surface area contributed by atoms with E-state index in [0.29, 0.717) is 11.9 Å². The summed E-state index contributed by atoms with van der Waals surface area (Å²) >= 11 is 0. The number of nitrogens with zero attached hydrogens (tertiary/aromatic N) is 3. The molecule has 8 nitrogen and oxygen atoms in total. The fourth-order valence-electron chi connectivity index (χ4n) is 3.90. The summed E-state index contributed by atoms with van der Waals surface area (Å²) in [7, 11) is -3.18. The van der Waals surface area contributed by atoms with Crippen LogP contribution in [0, 0.1) is 0 Å². The van der Waals surface area contributed by atoms with Crippen molar-refractivity contribution in [2.45, 2.75) is 31.1 Å². The highest BCUT2D eigenvalue weighted by Gasteiger charge is 2.22. The quantitative estimate of drug-likeness (QED) is 0.521. The molecule has 3 aromatic rings. The van der Waals surface area contributed by atoms with E-state index in [1.807, 2.05) is 30.3 Å². The third-order valence-corrected chi connectivity index (χ3v) is 6.29. The molecular formula is C22H26N6O2S. The second-order valence-electron chi connectivity index (χ2n) is 8.31. The van der Waals surface area contributed by atoms with Gasteiger partial charge in [0.1, 0.15) is 11.6 Å². The normalized spacial score (nSPS) is 16.9. The number of benzene rings is 1. The summed E-state index contributed by atoms with van der Waals surface area (Å²) in [5.41, 5.74) is 4.48. The Hall–Kier alpha value is -2.91. The van der Waals surface area contributed by atoms with Gasteiger partial charge in [0.25, 0.3) is 0 Å². The van der Waals surface area contributed by atoms with E-state index < -0.39 is 9.84 Å². The molecule has 0 spiro atoms. The van der Waals surface area contributed by atoms with Crippen LogP contribution in [0.1, 0.15) is 30.4 Å². The van der Waals surface area contributed by atoms with Crippen LogP contribution in [0.15, 0.2) is 42.6 Å². The minimum absolute atomic E-state index is 0.00123. The summed E-state index contributed by atoms with van der Waals surface area (Å²) < 4.78 is 26.0. The van der Waals surface area contributed by atoms with E-state index in [1.165, 1.54) is 6.26 Å². The maximum absolute atomic E-state index is 12.1. The summed E-state index contributed by atoms with van der Waals surface area (Å²) in [5.74, 6) is 1.58. The van der Waals surface area contributed by atoms with Gasteiger partial charge < -0.3 is 16.0 Å². The van der Waals surface area contributed by atoms with E-state index in [-0.39, 0.29) is 5.75 Å². The maximum atomic E-state index is 12.1. The van der Waals surface area contributed by atoms with Crippen LogP contribution >= 0.6 is 0 Å². The highest BCUT2D eigenvalue weighted by Crippen LogP contribution is 2.29. The fraction of sp³-hybridized carbons (Fsp3) is 0.364. The van der Waals surface area contributed by atoms with Crippen LogP contribution < -0.4 is 16.0 Å². The first-order chi connectivity index (χ1) is 14.9. The average Bonchev–Trinajstić information content (AvgIpc) is 3.41. The van der Waals surface area contributed by atoms with Gasteiger partial charge in [-0.05, 0) is 54.6 Å². The highest BCUT2D eigenvalue weighted by molar-refractivity contribution is 7.89. The molecule has 0 unspecified atom stereocenters. The van der Waals surface area contributed by atoms with E-state index in [2.05, 4.69) is 32.1 Å². The molecule has 1 saturated carbocycles. The molecule has 2 aromatic heterocycles. The van der Waals surface area contributed by atoms with Gasteiger partial charge in [0.2, 0.25) is 0 Å². The summed E-state index contributed by atoms with van der Waals surface area (Å²) in [5, 5.41) is 14.6. The Morgan fingerprint density at radius 2 is 2.10 bits per heavy atom. The maximum Gasteiger partial charge on any atom is 0.159 e. The van der Waals surface area contributed by atoms with Gasteiger partial charge in [0, 0.05) is 36.7 Å². The van der Waals surface area contributed by atoms with Gasteiger partial charge in [-0.1, -0.05) is 12.1 Å². The van der Waals surface area contributed by atoms with Gasteiger partial charge in [-0.25, -0.2) is 13.4 Å². The van der Waals surface area contributed by atoms with Crippen LogP contribution in [0.4, 0.5) is 17.3 Å². The first-order valence-corrected chi connectivity index (χ1v) is 12.6. The van der Waals surface area contributed by atoms with Gasteiger partial charge in [0.05, 0.1) is 11.9 Å². The summed E-state index contributed by atoms with van der Waals surface area (Å²) in [4.78, 5) is 4.65. The number of anilines is 3. The van der Waals surface area contributed by atoms with Crippen LogP contribution in [-0.4, -0.2) is 48.4 Å². The van der Waals surface area contributed by atoms with Crippen molar-refractivity contribution in [1.29, 1.82) is 0 Å². The monoisotopic (exact) mass is 438 g/mol. The topological polar surface area (TPSA) is 100 Å². The van der Waals surface area contributed by atoms with Gasteiger partial charge in [-0.2, -0.15) is 9.61 Å². The van der Waals surface area contributed by atoms with Crippen LogP contribution in [0.2, 0.25) is 0 Å². The SMILES string of the molecule is CS(=O)(=O)Cc1cc(Nc2cc(NC3CC3)n3nccc3n2)ccc1C1=CCCNC1. The number of fused-ring (bicyclic) bond motifs is 1. The third kappa shape index (κ3) is 4.72. The van der Waals surface area contributed by atoms with Crippen molar-refractivity contribution in [3.63, 3.8) is 0 Å². The van der Waals surface area contributed by atoms with E-state index in [4.69, 9.17) is 0 Å². The molecule has 0 amide bonds. The molecule has 3 N–H and O–H groups in total. The Morgan fingerprint density at radius 3 is 2.84 bits per heavy atom. The molecule has 9 heteroatoms. The molecule has 0 radical (unpaired) electrons. The first-order valence-electron chi connectivity index (χ1n) is 10.5. The van der Waals surface area contributed by atoms with Crippen LogP contribution in [0.3, 0.4) is 0 Å². The molecule has 0 bridgehead atoms. The fourth-order valence-corrected chi connectivity index (χ4v) is 4.70. The molecule has 3 heterocycles. The predicted octanol–water partition coefficient (Wildman–Crippen LogP) is 2.97. The molecule has 0 atom stereocenters. The number of nitrogens with one attached hydrogen (secondary N) is 3. The molecular weight excluding hydrogens is 412 g/mol. The molecule has 162 valence electrons. The zero-order valence-electron chi connectivity index (χ0n) is 17.4. The molecule has 1 aliphatic carbocycles. The van der Waals surface area contributed by atoms with Crippen LogP contribution in [-0.2, 0) is 15.6 Å². The Bertz CT molecular complexity index is 1260. The minimum atomic E-state index is -3.18. The molecule has 5 rings (SSSR count). The lowest BCUT2D eigenvalue weighted by atomic mass is 9.97. The Morgan fingerprint density at radius 1 is 1.23 bits per heavy atom. The molecule has 2 aliphatic rings. The van der Waals surface area contributed by atoms with Crippen molar-refractivity contribution < 1.29 is 8.42 Å². The van der Waals surface area contributed by atoms with Crippen molar-refractivity contribution in [2.75, 3.05) is 30.0 Å². The summed E-state index contributed by atoms with van der Waals surface area (Å²) in [6.45, 7) is 1.70. The largest absolute Gasteiger partial charge is 0.367 e. The number of rotatable bonds is 7. The van der Waals surface area contributed by atoms with Crippen molar-refractivity contribution in [3.8, 4) is 0 Å². The lowest BCUT2D eigenvalue weighted by molar-refractivity contribution is 0.601. The van der Waals surface area contributed by atoms with Crippen molar-refractivity contribution in [2.24, 2.45) is 0 Å². The second kappa shape index (κ2) is 7.97. The number of hydrogen-bond acceptors (Lipinski definition) is 7. The highest BCUT2D eigenvalue weighted by atomic mass is 32.2. The lowest BCUT2D eigenvalue weighted by Gasteiger charge is -2.19. The molecule has 1 aliphatic heterocycles. The Balaban J connectivity index is 1.49.